The standard InChI is InChI=1S/C13H25NO2/c1-10-5-6-11(16-10)12(15)13(9-14)7-3-2-4-8-13/h10-12,15H,2-9,14H2,1H3. The lowest BCUT2D eigenvalue weighted by Gasteiger charge is -2.42. The first-order valence-corrected chi connectivity index (χ1v) is 6.71. The fourth-order valence-electron chi connectivity index (χ4n) is 3.34. The summed E-state index contributed by atoms with van der Waals surface area (Å²) in [6.45, 7) is 2.69. The van der Waals surface area contributed by atoms with E-state index in [0.29, 0.717) is 12.6 Å². The van der Waals surface area contributed by atoms with Crippen LogP contribution in [0.15, 0.2) is 0 Å². The summed E-state index contributed by atoms with van der Waals surface area (Å²) in [5.41, 5.74) is 5.86. The Morgan fingerprint density at radius 1 is 1.31 bits per heavy atom. The molecule has 3 nitrogen and oxygen atoms in total. The van der Waals surface area contributed by atoms with Crippen molar-refractivity contribution in [3.8, 4) is 0 Å². The van der Waals surface area contributed by atoms with Crippen LogP contribution >= 0.6 is 0 Å². The third-order valence-corrected chi connectivity index (χ3v) is 4.50. The summed E-state index contributed by atoms with van der Waals surface area (Å²) >= 11 is 0. The molecule has 3 heteroatoms. The van der Waals surface area contributed by atoms with Crippen molar-refractivity contribution < 1.29 is 9.84 Å². The summed E-state index contributed by atoms with van der Waals surface area (Å²) in [6, 6.07) is 0. The molecule has 1 heterocycles. The van der Waals surface area contributed by atoms with Crippen LogP contribution in [0.1, 0.15) is 51.9 Å². The molecule has 3 unspecified atom stereocenters. The number of aliphatic hydroxyl groups is 1. The topological polar surface area (TPSA) is 55.5 Å². The Kier molecular flexibility index (Phi) is 3.88. The maximum Gasteiger partial charge on any atom is 0.0870 e. The highest BCUT2D eigenvalue weighted by Crippen LogP contribution is 2.42. The molecule has 94 valence electrons. The zero-order chi connectivity index (χ0) is 11.6. The number of hydrogen-bond acceptors (Lipinski definition) is 3. The minimum absolute atomic E-state index is 0.0247. The van der Waals surface area contributed by atoms with Gasteiger partial charge in [0.15, 0.2) is 0 Å². The van der Waals surface area contributed by atoms with Crippen LogP contribution in [0.5, 0.6) is 0 Å². The van der Waals surface area contributed by atoms with Gasteiger partial charge in [0.25, 0.3) is 0 Å². The van der Waals surface area contributed by atoms with Crippen molar-refractivity contribution in [2.45, 2.75) is 70.2 Å². The predicted octanol–water partition coefficient (Wildman–Crippen LogP) is 1.82. The van der Waals surface area contributed by atoms with Gasteiger partial charge in [0.05, 0.1) is 18.3 Å². The van der Waals surface area contributed by atoms with Gasteiger partial charge >= 0.3 is 0 Å². The van der Waals surface area contributed by atoms with Gasteiger partial charge in [0.2, 0.25) is 0 Å². The fourth-order valence-corrected chi connectivity index (χ4v) is 3.34. The molecule has 0 bridgehead atoms. The van der Waals surface area contributed by atoms with Gasteiger partial charge < -0.3 is 15.6 Å². The fraction of sp³-hybridized carbons (Fsp3) is 1.00. The lowest BCUT2D eigenvalue weighted by atomic mass is 9.68. The van der Waals surface area contributed by atoms with Crippen molar-refractivity contribution in [2.24, 2.45) is 11.1 Å². The van der Waals surface area contributed by atoms with Crippen LogP contribution in [-0.4, -0.2) is 30.0 Å². The van der Waals surface area contributed by atoms with Crippen LogP contribution in [0.2, 0.25) is 0 Å². The molecule has 2 fully saturated rings. The number of ether oxygens (including phenoxy) is 1. The normalized spacial score (nSPS) is 36.2. The monoisotopic (exact) mass is 227 g/mol. The molecule has 16 heavy (non-hydrogen) atoms. The van der Waals surface area contributed by atoms with Crippen LogP contribution in [-0.2, 0) is 4.74 Å². The summed E-state index contributed by atoms with van der Waals surface area (Å²) in [7, 11) is 0. The number of rotatable bonds is 3. The van der Waals surface area contributed by atoms with Gasteiger partial charge in [-0.25, -0.2) is 0 Å². The summed E-state index contributed by atoms with van der Waals surface area (Å²) in [6.07, 6.45) is 7.87. The minimum Gasteiger partial charge on any atom is -0.390 e. The van der Waals surface area contributed by atoms with Crippen molar-refractivity contribution in [2.75, 3.05) is 6.54 Å². The molecule has 3 N–H and O–H groups in total. The first-order chi connectivity index (χ1) is 7.68. The lowest BCUT2D eigenvalue weighted by molar-refractivity contribution is -0.0980. The molecule has 2 aliphatic rings. The van der Waals surface area contributed by atoms with Gasteiger partial charge in [-0.1, -0.05) is 19.3 Å². The van der Waals surface area contributed by atoms with Crippen molar-refractivity contribution >= 4 is 0 Å². The summed E-state index contributed by atoms with van der Waals surface area (Å²) in [4.78, 5) is 0. The van der Waals surface area contributed by atoms with Gasteiger partial charge in [-0.05, 0) is 32.6 Å². The van der Waals surface area contributed by atoms with Crippen molar-refractivity contribution in [1.29, 1.82) is 0 Å². The maximum absolute atomic E-state index is 10.5. The highest BCUT2D eigenvalue weighted by Gasteiger charge is 2.44. The van der Waals surface area contributed by atoms with Crippen LogP contribution in [0.3, 0.4) is 0 Å². The molecular formula is C13H25NO2. The lowest BCUT2D eigenvalue weighted by Crippen LogP contribution is -2.49. The molecule has 2 rings (SSSR count). The molecule has 0 aromatic rings. The van der Waals surface area contributed by atoms with E-state index in [9.17, 15) is 5.11 Å². The summed E-state index contributed by atoms with van der Waals surface area (Å²) < 4.78 is 5.80. The summed E-state index contributed by atoms with van der Waals surface area (Å²) in [5, 5.41) is 10.5. The van der Waals surface area contributed by atoms with E-state index in [-0.39, 0.29) is 17.6 Å². The first-order valence-electron chi connectivity index (χ1n) is 6.71. The Morgan fingerprint density at radius 2 is 2.00 bits per heavy atom. The first kappa shape index (κ1) is 12.3. The molecule has 0 radical (unpaired) electrons. The Hall–Kier alpha value is -0.120. The van der Waals surface area contributed by atoms with E-state index >= 15 is 0 Å². The average Bonchev–Trinajstić information content (AvgIpc) is 2.76. The molecule has 0 amide bonds. The molecule has 1 aliphatic carbocycles. The van der Waals surface area contributed by atoms with E-state index in [2.05, 4.69) is 6.92 Å². The van der Waals surface area contributed by atoms with Gasteiger partial charge in [0.1, 0.15) is 0 Å². The second-order valence-corrected chi connectivity index (χ2v) is 5.63. The van der Waals surface area contributed by atoms with Gasteiger partial charge in [-0.15, -0.1) is 0 Å². The van der Waals surface area contributed by atoms with Crippen LogP contribution < -0.4 is 5.73 Å². The number of nitrogens with two attached hydrogens (primary N) is 1. The van der Waals surface area contributed by atoms with Crippen molar-refractivity contribution in [3.05, 3.63) is 0 Å². The predicted molar refractivity (Wildman–Crippen MR) is 64.1 cm³/mol. The largest absolute Gasteiger partial charge is 0.390 e. The van der Waals surface area contributed by atoms with Gasteiger partial charge in [-0.3, -0.25) is 0 Å². The van der Waals surface area contributed by atoms with Crippen molar-refractivity contribution in [1.82, 2.24) is 0 Å². The third kappa shape index (κ3) is 2.27. The second kappa shape index (κ2) is 5.03. The maximum atomic E-state index is 10.5. The molecule has 1 saturated heterocycles. The molecule has 0 aromatic heterocycles. The SMILES string of the molecule is CC1CCC(C(O)C2(CN)CCCCC2)O1. The van der Waals surface area contributed by atoms with Gasteiger partial charge in [0, 0.05) is 12.0 Å². The average molecular weight is 227 g/mol. The molecule has 3 atom stereocenters. The Morgan fingerprint density at radius 3 is 2.50 bits per heavy atom. The molecular weight excluding hydrogens is 202 g/mol. The van der Waals surface area contributed by atoms with Crippen molar-refractivity contribution in [3.63, 3.8) is 0 Å². The van der Waals surface area contributed by atoms with E-state index < -0.39 is 0 Å². The third-order valence-electron chi connectivity index (χ3n) is 4.50. The zero-order valence-electron chi connectivity index (χ0n) is 10.3. The zero-order valence-corrected chi connectivity index (χ0v) is 10.3. The van der Waals surface area contributed by atoms with Gasteiger partial charge in [-0.2, -0.15) is 0 Å². The highest BCUT2D eigenvalue weighted by molar-refractivity contribution is 4.95. The Balaban J connectivity index is 2.02. The van der Waals surface area contributed by atoms with Crippen LogP contribution in [0.25, 0.3) is 0 Å². The van der Waals surface area contributed by atoms with Crippen LogP contribution in [0, 0.1) is 5.41 Å². The van der Waals surface area contributed by atoms with Crippen LogP contribution in [0.4, 0.5) is 0 Å². The molecule has 1 aliphatic heterocycles. The minimum atomic E-state index is -0.359. The summed E-state index contributed by atoms with van der Waals surface area (Å²) in [5.74, 6) is 0. The quantitative estimate of drug-likeness (QED) is 0.773. The number of aliphatic hydroxyl groups excluding tert-OH is 1. The smallest absolute Gasteiger partial charge is 0.0870 e. The molecule has 0 spiro atoms. The molecule has 1 saturated carbocycles. The van der Waals surface area contributed by atoms with E-state index in [1.807, 2.05) is 0 Å². The Labute approximate surface area is 98.4 Å². The second-order valence-electron chi connectivity index (χ2n) is 5.63. The van der Waals surface area contributed by atoms with E-state index in [4.69, 9.17) is 10.5 Å². The number of hydrogen-bond donors (Lipinski definition) is 2. The Bertz CT molecular complexity index is 226. The van der Waals surface area contributed by atoms with E-state index in [1.54, 1.807) is 0 Å². The molecule has 0 aromatic carbocycles. The van der Waals surface area contributed by atoms with E-state index in [1.165, 1.54) is 19.3 Å². The highest BCUT2D eigenvalue weighted by atomic mass is 16.5. The van der Waals surface area contributed by atoms with E-state index in [0.717, 1.165) is 25.7 Å².